The number of halogens is 9. The minimum atomic E-state index is -5.98. The summed E-state index contributed by atoms with van der Waals surface area (Å²) in [6.07, 6.45) is -5.42. The smallest absolute Gasteiger partial charge is 0.416 e. The third kappa shape index (κ3) is 2.80. The van der Waals surface area contributed by atoms with Crippen molar-refractivity contribution >= 4 is 22.1 Å². The Kier molecular flexibility index (Phi) is 4.73. The Morgan fingerprint density at radius 3 is 1.97 bits per heavy atom. The number of hydrogen-bond acceptors (Lipinski definition) is 1. The summed E-state index contributed by atoms with van der Waals surface area (Å²) in [6.45, 7) is 1.41. The van der Waals surface area contributed by atoms with Gasteiger partial charge in [0.25, 0.3) is 0 Å². The molecule has 1 heterocycles. The summed E-state index contributed by atoms with van der Waals surface area (Å²) in [4.78, 5) is 0. The standard InChI is InChI=1S/C22H13F9O/c1-2-14-16(12-8-4-6-10-15(12)32-14)18-17(19(23,24)22(30,31)20(18,25)26)11-7-3-5-9-13(11)21(27,28)29/h3-10H,2H2,1H3. The average molecular weight is 464 g/mol. The first kappa shape index (κ1) is 22.3. The molecular formula is C22H13F9O. The van der Waals surface area contributed by atoms with Crippen LogP contribution in [0.4, 0.5) is 39.5 Å². The average Bonchev–Trinajstić information content (AvgIpc) is 3.12. The van der Waals surface area contributed by atoms with Gasteiger partial charge in [-0.2, -0.15) is 39.5 Å². The molecule has 0 amide bonds. The number of rotatable bonds is 3. The summed E-state index contributed by atoms with van der Waals surface area (Å²) in [5.41, 5.74) is -7.91. The molecule has 4 rings (SSSR count). The van der Waals surface area contributed by atoms with Gasteiger partial charge in [0.1, 0.15) is 11.3 Å². The van der Waals surface area contributed by atoms with Crippen LogP contribution in [0.3, 0.4) is 0 Å². The van der Waals surface area contributed by atoms with E-state index >= 15 is 8.78 Å². The maximum atomic E-state index is 15.0. The molecule has 1 nitrogen and oxygen atoms in total. The van der Waals surface area contributed by atoms with Crippen molar-refractivity contribution in [3.63, 3.8) is 0 Å². The highest BCUT2D eigenvalue weighted by Crippen LogP contribution is 2.66. The molecule has 1 aliphatic rings. The van der Waals surface area contributed by atoms with E-state index in [4.69, 9.17) is 4.42 Å². The minimum absolute atomic E-state index is 0.0513. The lowest BCUT2D eigenvalue weighted by Gasteiger charge is -2.26. The molecule has 0 radical (unpaired) electrons. The summed E-state index contributed by atoms with van der Waals surface area (Å²) in [7, 11) is 0. The Labute approximate surface area is 175 Å². The van der Waals surface area contributed by atoms with E-state index in [2.05, 4.69) is 0 Å². The quantitative estimate of drug-likeness (QED) is 0.360. The van der Waals surface area contributed by atoms with E-state index in [-0.39, 0.29) is 23.2 Å². The van der Waals surface area contributed by atoms with Gasteiger partial charge >= 0.3 is 23.9 Å². The lowest BCUT2D eigenvalue weighted by atomic mass is 9.90. The number of para-hydroxylation sites is 1. The predicted molar refractivity (Wildman–Crippen MR) is 98.7 cm³/mol. The van der Waals surface area contributed by atoms with Crippen molar-refractivity contribution in [3.05, 3.63) is 71.0 Å². The second-order valence-corrected chi connectivity index (χ2v) is 7.27. The van der Waals surface area contributed by atoms with Crippen molar-refractivity contribution in [3.8, 4) is 0 Å². The molecule has 0 N–H and O–H groups in total. The Balaban J connectivity index is 2.23. The van der Waals surface area contributed by atoms with Crippen molar-refractivity contribution in [2.45, 2.75) is 37.3 Å². The third-order valence-electron chi connectivity index (χ3n) is 5.41. The Bertz CT molecular complexity index is 1230. The second kappa shape index (κ2) is 6.79. The SMILES string of the molecule is CCc1oc2ccccc2c1C1=C(c2ccccc2C(F)(F)F)C(F)(F)C(F)(F)C1(F)F. The maximum Gasteiger partial charge on any atom is 0.416 e. The highest BCUT2D eigenvalue weighted by Gasteiger charge is 2.80. The zero-order chi connectivity index (χ0) is 23.7. The molecule has 0 unspecified atom stereocenters. The van der Waals surface area contributed by atoms with E-state index in [9.17, 15) is 30.7 Å². The number of furan rings is 1. The van der Waals surface area contributed by atoms with Crippen LogP contribution in [0.15, 0.2) is 52.9 Å². The van der Waals surface area contributed by atoms with Crippen LogP contribution in [0.25, 0.3) is 22.1 Å². The number of benzene rings is 2. The monoisotopic (exact) mass is 464 g/mol. The van der Waals surface area contributed by atoms with Gasteiger partial charge in [0, 0.05) is 28.5 Å². The molecule has 32 heavy (non-hydrogen) atoms. The molecule has 0 atom stereocenters. The molecule has 0 saturated heterocycles. The fraction of sp³-hybridized carbons (Fsp3) is 0.273. The topological polar surface area (TPSA) is 13.1 Å². The summed E-state index contributed by atoms with van der Waals surface area (Å²) in [5.74, 6) is -17.4. The second-order valence-electron chi connectivity index (χ2n) is 7.27. The van der Waals surface area contributed by atoms with Crippen molar-refractivity contribution in [1.82, 2.24) is 0 Å². The first-order valence-electron chi connectivity index (χ1n) is 9.32. The number of aryl methyl sites for hydroxylation is 1. The summed E-state index contributed by atoms with van der Waals surface area (Å²) in [5, 5.41) is -0.186. The first-order valence-corrected chi connectivity index (χ1v) is 9.32. The van der Waals surface area contributed by atoms with Crippen LogP contribution in [-0.2, 0) is 12.6 Å². The zero-order valence-electron chi connectivity index (χ0n) is 16.1. The van der Waals surface area contributed by atoms with E-state index in [1.54, 1.807) is 0 Å². The molecule has 0 bridgehead atoms. The van der Waals surface area contributed by atoms with Crippen LogP contribution < -0.4 is 0 Å². The normalized spacial score (nSPS) is 19.7. The van der Waals surface area contributed by atoms with Gasteiger partial charge in [-0.05, 0) is 17.7 Å². The molecule has 0 aliphatic heterocycles. The zero-order valence-corrected chi connectivity index (χ0v) is 16.1. The fourth-order valence-corrected chi connectivity index (χ4v) is 3.98. The van der Waals surface area contributed by atoms with E-state index in [0.717, 1.165) is 12.1 Å². The Morgan fingerprint density at radius 1 is 0.781 bits per heavy atom. The molecule has 2 aromatic carbocycles. The summed E-state index contributed by atoms with van der Waals surface area (Å²) < 4.78 is 135. The van der Waals surface area contributed by atoms with Crippen LogP contribution in [0, 0.1) is 0 Å². The first-order chi connectivity index (χ1) is 14.8. The van der Waals surface area contributed by atoms with Gasteiger partial charge in [0.05, 0.1) is 5.56 Å². The van der Waals surface area contributed by atoms with Gasteiger partial charge in [0.15, 0.2) is 0 Å². The molecule has 3 aromatic rings. The van der Waals surface area contributed by atoms with Crippen molar-refractivity contribution in [2.24, 2.45) is 0 Å². The molecule has 0 saturated carbocycles. The van der Waals surface area contributed by atoms with E-state index in [1.807, 2.05) is 0 Å². The molecule has 0 spiro atoms. The number of alkyl halides is 9. The van der Waals surface area contributed by atoms with Crippen LogP contribution in [0.2, 0.25) is 0 Å². The molecule has 1 aliphatic carbocycles. The summed E-state index contributed by atoms with van der Waals surface area (Å²) >= 11 is 0. The molecule has 10 heteroatoms. The van der Waals surface area contributed by atoms with Gasteiger partial charge < -0.3 is 4.42 Å². The number of allylic oxidation sites excluding steroid dienone is 2. The Hall–Kier alpha value is -2.91. The van der Waals surface area contributed by atoms with E-state index < -0.39 is 51.8 Å². The van der Waals surface area contributed by atoms with Gasteiger partial charge in [-0.1, -0.05) is 43.3 Å². The lowest BCUT2D eigenvalue weighted by molar-refractivity contribution is -0.254. The van der Waals surface area contributed by atoms with E-state index in [0.29, 0.717) is 12.1 Å². The number of fused-ring (bicyclic) bond motifs is 1. The van der Waals surface area contributed by atoms with E-state index in [1.165, 1.54) is 31.2 Å². The third-order valence-corrected chi connectivity index (χ3v) is 5.41. The molecule has 1 aromatic heterocycles. The van der Waals surface area contributed by atoms with Crippen molar-refractivity contribution < 1.29 is 43.9 Å². The Morgan fingerprint density at radius 2 is 1.34 bits per heavy atom. The highest BCUT2D eigenvalue weighted by molar-refractivity contribution is 6.08. The van der Waals surface area contributed by atoms with Gasteiger partial charge in [-0.15, -0.1) is 0 Å². The largest absolute Gasteiger partial charge is 0.460 e. The van der Waals surface area contributed by atoms with Gasteiger partial charge in [-0.25, -0.2) is 0 Å². The van der Waals surface area contributed by atoms with Crippen LogP contribution in [-0.4, -0.2) is 17.8 Å². The van der Waals surface area contributed by atoms with Crippen LogP contribution in [0.5, 0.6) is 0 Å². The molecule has 0 fully saturated rings. The fourth-order valence-electron chi connectivity index (χ4n) is 3.98. The predicted octanol–water partition coefficient (Wildman–Crippen LogP) is 7.84. The van der Waals surface area contributed by atoms with Crippen LogP contribution >= 0.6 is 0 Å². The maximum absolute atomic E-state index is 15.0. The molecular weight excluding hydrogens is 451 g/mol. The van der Waals surface area contributed by atoms with Gasteiger partial charge in [-0.3, -0.25) is 0 Å². The summed E-state index contributed by atoms with van der Waals surface area (Å²) in [6, 6.07) is 7.88. The van der Waals surface area contributed by atoms with Crippen molar-refractivity contribution in [1.29, 1.82) is 0 Å². The lowest BCUT2D eigenvalue weighted by Crippen LogP contribution is -2.49. The molecule has 170 valence electrons. The number of hydrogen-bond donors (Lipinski definition) is 0. The van der Waals surface area contributed by atoms with Gasteiger partial charge in [0.2, 0.25) is 0 Å². The highest BCUT2D eigenvalue weighted by atomic mass is 19.4. The minimum Gasteiger partial charge on any atom is -0.460 e. The van der Waals surface area contributed by atoms with Crippen LogP contribution in [0.1, 0.15) is 29.4 Å². The van der Waals surface area contributed by atoms with Crippen molar-refractivity contribution in [2.75, 3.05) is 0 Å².